The predicted molar refractivity (Wildman–Crippen MR) is 179 cm³/mol. The Bertz CT molecular complexity index is 2290. The van der Waals surface area contributed by atoms with E-state index in [0.717, 1.165) is 16.4 Å². The summed E-state index contributed by atoms with van der Waals surface area (Å²) < 4.78 is 0. The molecule has 43 heavy (non-hydrogen) atoms. The highest BCUT2D eigenvalue weighted by Gasteiger charge is 2.46. The molecule has 0 radical (unpaired) electrons. The molecule has 9 rings (SSSR count). The highest BCUT2D eigenvalue weighted by atomic mass is 14.7. The Morgan fingerprint density at radius 1 is 0.372 bits per heavy atom. The molecule has 0 bridgehead atoms. The lowest BCUT2D eigenvalue weighted by atomic mass is 9.67. The van der Waals surface area contributed by atoms with Crippen LogP contribution in [0.3, 0.4) is 0 Å². The molecule has 1 aliphatic carbocycles. The van der Waals surface area contributed by atoms with Crippen LogP contribution in [-0.2, 0) is 5.41 Å². The van der Waals surface area contributed by atoms with Crippen LogP contribution in [0.1, 0.15) is 22.3 Å². The van der Waals surface area contributed by atoms with Crippen molar-refractivity contribution in [3.63, 3.8) is 0 Å². The Morgan fingerprint density at radius 2 is 0.977 bits per heavy atom. The molecule has 0 unspecified atom stereocenters. The molecular weight excluding hydrogens is 518 g/mol. The molecule has 1 heteroatoms. The van der Waals surface area contributed by atoms with Crippen LogP contribution in [0, 0.1) is 0 Å². The van der Waals surface area contributed by atoms with E-state index in [-0.39, 0.29) is 0 Å². The van der Waals surface area contributed by atoms with E-state index in [4.69, 9.17) is 4.98 Å². The van der Waals surface area contributed by atoms with Crippen LogP contribution >= 0.6 is 0 Å². The predicted octanol–water partition coefficient (Wildman–Crippen LogP) is 10.6. The summed E-state index contributed by atoms with van der Waals surface area (Å²) in [4.78, 5) is 5.18. The molecular formula is C42H27N. The molecule has 0 aliphatic heterocycles. The zero-order chi connectivity index (χ0) is 28.4. The van der Waals surface area contributed by atoms with Crippen LogP contribution in [0.15, 0.2) is 164 Å². The smallest absolute Gasteiger partial charge is 0.0722 e. The first kappa shape index (κ1) is 24.1. The lowest BCUT2D eigenvalue weighted by molar-refractivity contribution is 0.768. The summed E-state index contributed by atoms with van der Waals surface area (Å²) in [5, 5.41) is 4.83. The van der Waals surface area contributed by atoms with Gasteiger partial charge in [-0.2, -0.15) is 0 Å². The summed E-state index contributed by atoms with van der Waals surface area (Å²) in [6, 6.07) is 59.7. The van der Waals surface area contributed by atoms with E-state index in [9.17, 15) is 0 Å². The van der Waals surface area contributed by atoms with Gasteiger partial charge >= 0.3 is 0 Å². The second-order valence-corrected chi connectivity index (χ2v) is 11.5. The average molecular weight is 546 g/mol. The fraction of sp³-hybridized carbons (Fsp3) is 0.0238. The molecule has 8 aromatic rings. The molecule has 0 amide bonds. The highest BCUT2D eigenvalue weighted by Crippen LogP contribution is 2.58. The van der Waals surface area contributed by atoms with Crippen LogP contribution in [0.25, 0.3) is 54.8 Å². The van der Waals surface area contributed by atoms with E-state index >= 15 is 0 Å². The van der Waals surface area contributed by atoms with Gasteiger partial charge in [-0.05, 0) is 73.5 Å². The van der Waals surface area contributed by atoms with Crippen molar-refractivity contribution in [3.05, 3.63) is 186 Å². The average Bonchev–Trinajstić information content (AvgIpc) is 3.39. The van der Waals surface area contributed by atoms with E-state index in [1.807, 2.05) is 0 Å². The minimum atomic E-state index is -0.425. The number of para-hydroxylation sites is 1. The second kappa shape index (κ2) is 9.24. The van der Waals surface area contributed by atoms with Crippen molar-refractivity contribution < 1.29 is 0 Å². The molecule has 0 spiro atoms. The van der Waals surface area contributed by atoms with Crippen molar-refractivity contribution in [1.82, 2.24) is 4.98 Å². The normalized spacial score (nSPS) is 13.3. The maximum atomic E-state index is 5.18. The lowest BCUT2D eigenvalue weighted by Crippen LogP contribution is -2.28. The second-order valence-electron chi connectivity index (χ2n) is 11.5. The van der Waals surface area contributed by atoms with Gasteiger partial charge in [-0.15, -0.1) is 0 Å². The van der Waals surface area contributed by atoms with Gasteiger partial charge in [0.15, 0.2) is 0 Å². The molecule has 0 N–H and O–H groups in total. The number of aromatic nitrogens is 1. The van der Waals surface area contributed by atoms with Crippen molar-refractivity contribution in [3.8, 4) is 22.3 Å². The Hall–Kier alpha value is -5.53. The molecule has 1 nitrogen and oxygen atoms in total. The van der Waals surface area contributed by atoms with Gasteiger partial charge < -0.3 is 0 Å². The van der Waals surface area contributed by atoms with Crippen LogP contribution in [0.4, 0.5) is 0 Å². The Balaban J connectivity index is 1.43. The minimum Gasteiger partial charge on any atom is -0.248 e. The first-order valence-corrected chi connectivity index (χ1v) is 14.9. The molecule has 1 aliphatic rings. The number of benzene rings is 7. The van der Waals surface area contributed by atoms with Gasteiger partial charge in [0.2, 0.25) is 0 Å². The Labute approximate surface area is 250 Å². The molecule has 200 valence electrons. The van der Waals surface area contributed by atoms with Gasteiger partial charge in [-0.25, -0.2) is 4.98 Å². The monoisotopic (exact) mass is 545 g/mol. The van der Waals surface area contributed by atoms with E-state index in [2.05, 4.69) is 164 Å². The van der Waals surface area contributed by atoms with Crippen LogP contribution in [0.2, 0.25) is 0 Å². The van der Waals surface area contributed by atoms with Crippen LogP contribution < -0.4 is 0 Å². The summed E-state index contributed by atoms with van der Waals surface area (Å²) in [5.74, 6) is 0. The molecule has 1 aromatic heterocycles. The third-order valence-corrected chi connectivity index (χ3v) is 9.31. The summed E-state index contributed by atoms with van der Waals surface area (Å²) in [7, 11) is 0. The summed E-state index contributed by atoms with van der Waals surface area (Å²) >= 11 is 0. The first-order valence-electron chi connectivity index (χ1n) is 14.9. The standard InChI is InChI=1S/C42H27N/c1-3-15-29(16-4-1)42(30-17-5-2-6-18-30)37-23-11-10-21-34(37)41-33(22-13-24-38(41)42)35-27-40-36(32-20-9-8-19-31(32)35)26-28-14-7-12-25-39(28)43-40/h1-27H. The number of rotatable bonds is 3. The van der Waals surface area contributed by atoms with Crippen LogP contribution in [-0.4, -0.2) is 4.98 Å². The van der Waals surface area contributed by atoms with E-state index in [1.165, 1.54) is 60.7 Å². The van der Waals surface area contributed by atoms with E-state index < -0.39 is 5.41 Å². The van der Waals surface area contributed by atoms with Crippen LogP contribution in [0.5, 0.6) is 0 Å². The quantitative estimate of drug-likeness (QED) is 0.159. The van der Waals surface area contributed by atoms with Gasteiger partial charge in [0.25, 0.3) is 0 Å². The van der Waals surface area contributed by atoms with Crippen molar-refractivity contribution >= 4 is 32.6 Å². The van der Waals surface area contributed by atoms with Gasteiger partial charge in [0.1, 0.15) is 0 Å². The zero-order valence-corrected chi connectivity index (χ0v) is 23.5. The summed E-state index contributed by atoms with van der Waals surface area (Å²) in [6.45, 7) is 0. The van der Waals surface area contributed by atoms with Gasteiger partial charge in [0, 0.05) is 10.8 Å². The van der Waals surface area contributed by atoms with E-state index in [1.54, 1.807) is 0 Å². The fourth-order valence-electron chi connectivity index (χ4n) is 7.56. The molecule has 0 fully saturated rings. The van der Waals surface area contributed by atoms with Crippen molar-refractivity contribution in [2.75, 3.05) is 0 Å². The Morgan fingerprint density at radius 3 is 1.77 bits per heavy atom. The maximum Gasteiger partial charge on any atom is 0.0722 e. The zero-order valence-electron chi connectivity index (χ0n) is 23.5. The van der Waals surface area contributed by atoms with E-state index in [0.29, 0.717) is 0 Å². The van der Waals surface area contributed by atoms with Gasteiger partial charge in [-0.3, -0.25) is 0 Å². The molecule has 1 heterocycles. The van der Waals surface area contributed by atoms with Crippen molar-refractivity contribution in [2.24, 2.45) is 0 Å². The number of hydrogen-bond donors (Lipinski definition) is 0. The highest BCUT2D eigenvalue weighted by molar-refractivity contribution is 6.16. The third-order valence-electron chi connectivity index (χ3n) is 9.31. The van der Waals surface area contributed by atoms with Gasteiger partial charge in [0.05, 0.1) is 16.4 Å². The van der Waals surface area contributed by atoms with Crippen molar-refractivity contribution in [1.29, 1.82) is 0 Å². The third kappa shape index (κ3) is 3.37. The van der Waals surface area contributed by atoms with Crippen molar-refractivity contribution in [2.45, 2.75) is 5.41 Å². The first-order chi connectivity index (χ1) is 21.3. The molecule has 0 atom stereocenters. The number of hydrogen-bond acceptors (Lipinski definition) is 1. The Kier molecular flexibility index (Phi) is 5.18. The number of fused-ring (bicyclic) bond motifs is 7. The molecule has 7 aromatic carbocycles. The maximum absolute atomic E-state index is 5.18. The molecule has 0 saturated heterocycles. The summed E-state index contributed by atoms with van der Waals surface area (Å²) in [6.07, 6.45) is 0. The largest absolute Gasteiger partial charge is 0.248 e. The lowest BCUT2D eigenvalue weighted by Gasteiger charge is -2.34. The molecule has 0 saturated carbocycles. The van der Waals surface area contributed by atoms with Gasteiger partial charge in [-0.1, -0.05) is 146 Å². The summed E-state index contributed by atoms with van der Waals surface area (Å²) in [5.41, 5.74) is 11.9. The number of nitrogens with zero attached hydrogens (tertiary/aromatic N) is 1. The topological polar surface area (TPSA) is 12.9 Å². The SMILES string of the molecule is c1ccc(C2(c3ccccc3)c3ccccc3-c3c(-c4cc5nc6ccccc6cc5c5ccccc45)cccc32)cc1. The minimum absolute atomic E-state index is 0.425. The number of pyridine rings is 1. The fourth-order valence-corrected chi connectivity index (χ4v) is 7.56.